The minimum absolute atomic E-state index is 0.0968. The molecule has 188 valence electrons. The number of benzene rings is 3. The summed E-state index contributed by atoms with van der Waals surface area (Å²) in [7, 11) is 0. The molecule has 5 rings (SSSR count). The van der Waals surface area contributed by atoms with E-state index in [0.29, 0.717) is 12.1 Å². The zero-order chi connectivity index (χ0) is 25.6. The molecule has 1 atom stereocenters. The van der Waals surface area contributed by atoms with Gasteiger partial charge in [0.25, 0.3) is 5.91 Å². The Morgan fingerprint density at radius 1 is 1.00 bits per heavy atom. The second kappa shape index (κ2) is 11.4. The number of aryl methyl sites for hydroxylation is 1. The summed E-state index contributed by atoms with van der Waals surface area (Å²) in [5.41, 5.74) is 6.44. The fourth-order valence-corrected chi connectivity index (χ4v) is 5.73. The number of hydrogen-bond donors (Lipinski definition) is 2. The summed E-state index contributed by atoms with van der Waals surface area (Å²) >= 11 is 1.66. The first-order chi connectivity index (χ1) is 18.1. The second-order valence-corrected chi connectivity index (χ2v) is 10.0. The number of anilines is 1. The highest BCUT2D eigenvalue weighted by Crippen LogP contribution is 2.40. The van der Waals surface area contributed by atoms with Gasteiger partial charge in [-0.15, -0.1) is 11.3 Å². The van der Waals surface area contributed by atoms with E-state index in [0.717, 1.165) is 41.2 Å². The van der Waals surface area contributed by atoms with E-state index in [1.54, 1.807) is 23.5 Å². The average Bonchev–Trinajstić information content (AvgIpc) is 3.42. The smallest absolute Gasteiger partial charge is 0.305 e. The van der Waals surface area contributed by atoms with E-state index in [4.69, 9.17) is 10.1 Å². The maximum Gasteiger partial charge on any atom is 0.305 e. The Morgan fingerprint density at radius 2 is 1.76 bits per heavy atom. The first kappa shape index (κ1) is 24.7. The monoisotopic (exact) mass is 511 g/mol. The summed E-state index contributed by atoms with van der Waals surface area (Å²) in [6.45, 7) is 0.778. The van der Waals surface area contributed by atoms with Gasteiger partial charge in [-0.05, 0) is 48.1 Å². The normalized spacial score (nSPS) is 14.5. The summed E-state index contributed by atoms with van der Waals surface area (Å²) in [4.78, 5) is 30.5. The third-order valence-electron chi connectivity index (χ3n) is 6.71. The Hall–Kier alpha value is -3.97. The lowest BCUT2D eigenvalue weighted by Crippen LogP contribution is -2.31. The zero-order valence-electron chi connectivity index (χ0n) is 20.5. The van der Waals surface area contributed by atoms with E-state index in [1.165, 1.54) is 11.1 Å². The summed E-state index contributed by atoms with van der Waals surface area (Å²) < 4.78 is 0. The number of aromatic nitrogens is 1. The summed E-state index contributed by atoms with van der Waals surface area (Å²) in [6.07, 6.45) is 3.19. The molecule has 1 heterocycles. The van der Waals surface area contributed by atoms with Crippen LogP contribution in [0.5, 0.6) is 0 Å². The van der Waals surface area contributed by atoms with E-state index in [9.17, 15) is 9.59 Å². The summed E-state index contributed by atoms with van der Waals surface area (Å²) in [5.74, 6) is -1.20. The number of carboxylic acid groups (broad SMARTS) is 1. The van der Waals surface area contributed by atoms with Crippen molar-refractivity contribution in [3.8, 4) is 11.3 Å². The number of carbonyl (C=O) groups is 2. The largest absolute Gasteiger partial charge is 0.481 e. The topological polar surface area (TPSA) is 82.5 Å². The Morgan fingerprint density at radius 3 is 2.54 bits per heavy atom. The molecule has 0 radical (unpaired) electrons. The number of carbonyl (C=O) groups excluding carboxylic acids is 1. The van der Waals surface area contributed by atoms with Crippen molar-refractivity contribution in [3.63, 3.8) is 0 Å². The van der Waals surface area contributed by atoms with Crippen LogP contribution in [0.15, 0.2) is 84.2 Å². The summed E-state index contributed by atoms with van der Waals surface area (Å²) in [5, 5.41) is 14.5. The Bertz CT molecular complexity index is 1370. The first-order valence-electron chi connectivity index (χ1n) is 12.5. The van der Waals surface area contributed by atoms with E-state index in [2.05, 4.69) is 52.0 Å². The third-order valence-corrected chi connectivity index (χ3v) is 7.59. The molecule has 4 aromatic rings. The molecular weight excluding hydrogens is 482 g/mol. The minimum Gasteiger partial charge on any atom is -0.481 e. The van der Waals surface area contributed by atoms with Crippen LogP contribution in [0.3, 0.4) is 0 Å². The van der Waals surface area contributed by atoms with Crippen molar-refractivity contribution in [2.24, 2.45) is 0 Å². The molecule has 37 heavy (non-hydrogen) atoms. The van der Waals surface area contributed by atoms with Crippen LogP contribution < -0.4 is 10.2 Å². The molecule has 7 heteroatoms. The molecule has 1 aliphatic carbocycles. The number of fused-ring (bicyclic) bond motifs is 1. The van der Waals surface area contributed by atoms with Crippen LogP contribution >= 0.6 is 11.3 Å². The van der Waals surface area contributed by atoms with Crippen molar-refractivity contribution in [2.45, 2.75) is 38.3 Å². The standard InChI is InChI=1S/C30H29N3O3S/c34-28(35)17-18-31-29(36)24-15-13-21(14-16-24)19-33(27-12-6-10-22-7-4-5-11-25(22)27)30-32-26(20-37-30)23-8-2-1-3-9-23/h1-5,7-9,11,13-16,20,27H,6,10,12,17-19H2,(H,31,36)(H,34,35). The zero-order valence-corrected chi connectivity index (χ0v) is 21.3. The number of aliphatic carboxylic acids is 1. The van der Waals surface area contributed by atoms with Gasteiger partial charge < -0.3 is 15.3 Å². The van der Waals surface area contributed by atoms with Gasteiger partial charge in [0.15, 0.2) is 5.13 Å². The van der Waals surface area contributed by atoms with Gasteiger partial charge in [0.2, 0.25) is 0 Å². The molecule has 0 aliphatic heterocycles. The Kier molecular flexibility index (Phi) is 7.61. The van der Waals surface area contributed by atoms with Gasteiger partial charge in [-0.25, -0.2) is 4.98 Å². The van der Waals surface area contributed by atoms with Crippen molar-refractivity contribution >= 4 is 28.3 Å². The van der Waals surface area contributed by atoms with Gasteiger partial charge in [-0.2, -0.15) is 0 Å². The maximum atomic E-state index is 12.4. The van der Waals surface area contributed by atoms with Crippen LogP contribution in [0, 0.1) is 0 Å². The molecule has 0 bridgehead atoms. The van der Waals surface area contributed by atoms with Gasteiger partial charge in [-0.3, -0.25) is 9.59 Å². The highest BCUT2D eigenvalue weighted by molar-refractivity contribution is 7.14. The highest BCUT2D eigenvalue weighted by atomic mass is 32.1. The predicted molar refractivity (Wildman–Crippen MR) is 147 cm³/mol. The van der Waals surface area contributed by atoms with Crippen LogP contribution in [0.2, 0.25) is 0 Å². The van der Waals surface area contributed by atoms with E-state index >= 15 is 0 Å². The number of carboxylic acids is 1. The van der Waals surface area contributed by atoms with E-state index in [1.807, 2.05) is 30.3 Å². The number of nitrogens with one attached hydrogen (secondary N) is 1. The van der Waals surface area contributed by atoms with E-state index < -0.39 is 5.97 Å². The van der Waals surface area contributed by atoms with E-state index in [-0.39, 0.29) is 24.9 Å². The van der Waals surface area contributed by atoms with Crippen molar-refractivity contribution in [1.29, 1.82) is 0 Å². The van der Waals surface area contributed by atoms with Gasteiger partial charge in [0, 0.05) is 29.6 Å². The Balaban J connectivity index is 1.41. The average molecular weight is 512 g/mol. The second-order valence-electron chi connectivity index (χ2n) is 9.21. The first-order valence-corrected chi connectivity index (χ1v) is 13.4. The minimum atomic E-state index is -0.933. The van der Waals surface area contributed by atoms with Crippen molar-refractivity contribution in [1.82, 2.24) is 10.3 Å². The van der Waals surface area contributed by atoms with Crippen LogP contribution in [0.25, 0.3) is 11.3 Å². The van der Waals surface area contributed by atoms with Gasteiger partial charge in [0.05, 0.1) is 18.2 Å². The molecule has 1 aliphatic rings. The lowest BCUT2D eigenvalue weighted by molar-refractivity contribution is -0.136. The lowest BCUT2D eigenvalue weighted by atomic mass is 9.87. The molecule has 1 unspecified atom stereocenters. The SMILES string of the molecule is O=C(O)CCNC(=O)c1ccc(CN(c2nc(-c3ccccc3)cs2)C2CCCc3ccccc32)cc1. The molecule has 2 N–H and O–H groups in total. The van der Waals surface area contributed by atoms with Gasteiger partial charge in [-0.1, -0.05) is 66.7 Å². The van der Waals surface area contributed by atoms with Crippen LogP contribution in [0.4, 0.5) is 5.13 Å². The molecule has 3 aromatic carbocycles. The van der Waals surface area contributed by atoms with Crippen LogP contribution in [-0.2, 0) is 17.8 Å². The maximum absolute atomic E-state index is 12.4. The molecule has 0 saturated heterocycles. The predicted octanol–water partition coefficient (Wildman–Crippen LogP) is 6.10. The molecule has 0 saturated carbocycles. The number of thiazole rings is 1. The molecule has 0 spiro atoms. The fraction of sp³-hybridized carbons (Fsp3) is 0.233. The number of rotatable bonds is 9. The van der Waals surface area contributed by atoms with Crippen molar-refractivity contribution in [2.75, 3.05) is 11.4 Å². The van der Waals surface area contributed by atoms with Crippen molar-refractivity contribution < 1.29 is 14.7 Å². The molecular formula is C30H29N3O3S. The number of hydrogen-bond acceptors (Lipinski definition) is 5. The number of nitrogens with zero attached hydrogens (tertiary/aromatic N) is 2. The lowest BCUT2D eigenvalue weighted by Gasteiger charge is -2.36. The van der Waals surface area contributed by atoms with Crippen LogP contribution in [0.1, 0.15) is 52.4 Å². The number of amides is 1. The molecule has 1 amide bonds. The fourth-order valence-electron chi connectivity index (χ4n) is 4.84. The third kappa shape index (κ3) is 5.89. The Labute approximate surface area is 220 Å². The van der Waals surface area contributed by atoms with Gasteiger partial charge >= 0.3 is 5.97 Å². The quantitative estimate of drug-likeness (QED) is 0.284. The molecule has 1 aromatic heterocycles. The van der Waals surface area contributed by atoms with Gasteiger partial charge in [0.1, 0.15) is 0 Å². The van der Waals surface area contributed by atoms with Crippen LogP contribution in [-0.4, -0.2) is 28.5 Å². The molecule has 6 nitrogen and oxygen atoms in total. The highest BCUT2D eigenvalue weighted by Gasteiger charge is 2.28. The van der Waals surface area contributed by atoms with Crippen molar-refractivity contribution in [3.05, 3.63) is 106 Å². The molecule has 0 fully saturated rings. The summed E-state index contributed by atoms with van der Waals surface area (Å²) in [6, 6.07) is 26.7.